The Morgan fingerprint density at radius 3 is 1.62 bits per heavy atom. The lowest BCUT2D eigenvalue weighted by molar-refractivity contribution is -0.144. The van der Waals surface area contributed by atoms with Crippen molar-refractivity contribution in [2.45, 2.75) is 37.5 Å². The maximum atomic E-state index is 12.1. The molecule has 4 unspecified atom stereocenters. The fourth-order valence-corrected chi connectivity index (χ4v) is 1.61. The maximum absolute atomic E-state index is 12.1. The molecular weight excluding hydrogens is 356 g/mol. The number of aliphatic hydroxyl groups is 2. The van der Waals surface area contributed by atoms with Crippen LogP contribution in [0.5, 0.6) is 0 Å². The van der Waals surface area contributed by atoms with E-state index in [0.29, 0.717) is 0 Å². The maximum Gasteiger partial charge on any atom is 0.328 e. The number of carboxylic acid groups (broad SMARTS) is 2. The molecule has 13 heteroatoms. The standard InChI is InChI=1S/C13H22N4O9/c1-5(14)10(22)15-6(2-9(20)21)11(23)16-7(3-18)12(24)17-8(4-19)13(25)26/h5-8,18-19H,2-4,14H2,1H3,(H,15,22)(H,16,23)(H,17,24)(H,20,21)(H,25,26). The van der Waals surface area contributed by atoms with Gasteiger partial charge in [-0.2, -0.15) is 0 Å². The fourth-order valence-electron chi connectivity index (χ4n) is 1.61. The van der Waals surface area contributed by atoms with Crippen LogP contribution in [0.1, 0.15) is 13.3 Å². The van der Waals surface area contributed by atoms with E-state index in [2.05, 4.69) is 5.32 Å². The number of carbonyl (C=O) groups excluding carboxylic acids is 3. The second kappa shape index (κ2) is 11.0. The minimum Gasteiger partial charge on any atom is -0.481 e. The number of carbonyl (C=O) groups is 5. The van der Waals surface area contributed by atoms with Crippen molar-refractivity contribution < 1.29 is 44.4 Å². The first-order chi connectivity index (χ1) is 12.0. The van der Waals surface area contributed by atoms with Crippen LogP contribution < -0.4 is 21.7 Å². The number of nitrogens with one attached hydrogen (secondary N) is 3. The Morgan fingerprint density at radius 1 is 0.808 bits per heavy atom. The Bertz CT molecular complexity index is 552. The summed E-state index contributed by atoms with van der Waals surface area (Å²) < 4.78 is 0. The third kappa shape index (κ3) is 7.87. The molecule has 148 valence electrons. The zero-order chi connectivity index (χ0) is 20.4. The van der Waals surface area contributed by atoms with Crippen molar-refractivity contribution in [3.8, 4) is 0 Å². The molecule has 13 nitrogen and oxygen atoms in total. The smallest absolute Gasteiger partial charge is 0.328 e. The minimum absolute atomic E-state index is 0.817. The Hall–Kier alpha value is -2.77. The second-order valence-electron chi connectivity index (χ2n) is 5.27. The van der Waals surface area contributed by atoms with Crippen LogP contribution in [-0.2, 0) is 24.0 Å². The summed E-state index contributed by atoms with van der Waals surface area (Å²) in [5.41, 5.74) is 5.31. The van der Waals surface area contributed by atoms with Gasteiger partial charge in [0.2, 0.25) is 17.7 Å². The highest BCUT2D eigenvalue weighted by molar-refractivity contribution is 5.95. The van der Waals surface area contributed by atoms with Crippen LogP contribution in [0, 0.1) is 0 Å². The monoisotopic (exact) mass is 378 g/mol. The van der Waals surface area contributed by atoms with Crippen molar-refractivity contribution >= 4 is 29.7 Å². The number of aliphatic carboxylic acids is 2. The largest absolute Gasteiger partial charge is 0.481 e. The first kappa shape index (κ1) is 23.2. The zero-order valence-electron chi connectivity index (χ0n) is 13.8. The Labute approximate surface area is 147 Å². The molecule has 3 amide bonds. The molecule has 0 aliphatic carbocycles. The summed E-state index contributed by atoms with van der Waals surface area (Å²) in [6, 6.07) is -5.92. The molecule has 26 heavy (non-hydrogen) atoms. The minimum atomic E-state index is -1.67. The summed E-state index contributed by atoms with van der Waals surface area (Å²) in [4.78, 5) is 57.1. The summed E-state index contributed by atoms with van der Waals surface area (Å²) in [6.07, 6.45) is -0.821. The molecule has 0 rings (SSSR count). The molecule has 0 saturated carbocycles. The normalized spacial score (nSPS) is 15.1. The molecule has 0 bridgehead atoms. The fraction of sp³-hybridized carbons (Fsp3) is 0.615. The van der Waals surface area contributed by atoms with Crippen LogP contribution in [-0.4, -0.2) is 87.5 Å². The highest BCUT2D eigenvalue weighted by Crippen LogP contribution is 1.97. The molecule has 0 aliphatic heterocycles. The van der Waals surface area contributed by atoms with Gasteiger partial charge in [0, 0.05) is 0 Å². The number of nitrogens with two attached hydrogens (primary N) is 1. The number of hydrogen-bond acceptors (Lipinski definition) is 8. The van der Waals surface area contributed by atoms with E-state index >= 15 is 0 Å². The molecule has 0 aromatic carbocycles. The predicted molar refractivity (Wildman–Crippen MR) is 83.5 cm³/mol. The van der Waals surface area contributed by atoms with Gasteiger partial charge in [0.25, 0.3) is 0 Å². The van der Waals surface area contributed by atoms with Crippen molar-refractivity contribution in [1.82, 2.24) is 16.0 Å². The number of aliphatic hydroxyl groups excluding tert-OH is 2. The molecular formula is C13H22N4O9. The van der Waals surface area contributed by atoms with Gasteiger partial charge in [0.15, 0.2) is 0 Å². The Kier molecular flexibility index (Phi) is 9.80. The SMILES string of the molecule is CC(N)C(=O)NC(CC(=O)O)C(=O)NC(CO)C(=O)NC(CO)C(=O)O. The van der Waals surface area contributed by atoms with E-state index in [9.17, 15) is 29.1 Å². The molecule has 0 aliphatic rings. The van der Waals surface area contributed by atoms with Gasteiger partial charge in [-0.1, -0.05) is 0 Å². The van der Waals surface area contributed by atoms with Gasteiger partial charge in [-0.05, 0) is 6.92 Å². The van der Waals surface area contributed by atoms with Crippen LogP contribution in [0.3, 0.4) is 0 Å². The number of carboxylic acids is 2. The van der Waals surface area contributed by atoms with Crippen molar-refractivity contribution in [3.63, 3.8) is 0 Å². The highest BCUT2D eigenvalue weighted by Gasteiger charge is 2.30. The van der Waals surface area contributed by atoms with Gasteiger partial charge >= 0.3 is 11.9 Å². The van der Waals surface area contributed by atoms with E-state index in [0.717, 1.165) is 0 Å². The summed E-state index contributed by atoms with van der Waals surface area (Å²) in [7, 11) is 0. The molecule has 9 N–H and O–H groups in total. The summed E-state index contributed by atoms with van der Waals surface area (Å²) in [6.45, 7) is -0.578. The van der Waals surface area contributed by atoms with Gasteiger partial charge in [-0.25, -0.2) is 4.79 Å². The van der Waals surface area contributed by atoms with E-state index in [-0.39, 0.29) is 0 Å². The lowest BCUT2D eigenvalue weighted by Gasteiger charge is -2.22. The average Bonchev–Trinajstić information content (AvgIpc) is 2.55. The number of amides is 3. The van der Waals surface area contributed by atoms with E-state index in [4.69, 9.17) is 21.1 Å². The van der Waals surface area contributed by atoms with E-state index < -0.39 is 73.5 Å². The molecule has 0 aromatic heterocycles. The predicted octanol–water partition coefficient (Wildman–Crippen LogP) is -4.67. The third-order valence-electron chi connectivity index (χ3n) is 3.04. The van der Waals surface area contributed by atoms with Crippen LogP contribution in [0.2, 0.25) is 0 Å². The van der Waals surface area contributed by atoms with Crippen molar-refractivity contribution in [1.29, 1.82) is 0 Å². The molecule has 0 aromatic rings. The first-order valence-electron chi connectivity index (χ1n) is 7.36. The Morgan fingerprint density at radius 2 is 1.23 bits per heavy atom. The quantitative estimate of drug-likeness (QED) is 0.171. The first-order valence-corrected chi connectivity index (χ1v) is 7.36. The van der Waals surface area contributed by atoms with Gasteiger partial charge in [0.1, 0.15) is 18.1 Å². The van der Waals surface area contributed by atoms with Gasteiger partial charge in [-0.15, -0.1) is 0 Å². The molecule has 0 saturated heterocycles. The van der Waals surface area contributed by atoms with E-state index in [1.807, 2.05) is 10.6 Å². The van der Waals surface area contributed by atoms with Crippen molar-refractivity contribution in [3.05, 3.63) is 0 Å². The second-order valence-corrected chi connectivity index (χ2v) is 5.27. The van der Waals surface area contributed by atoms with Gasteiger partial charge < -0.3 is 42.1 Å². The van der Waals surface area contributed by atoms with Crippen molar-refractivity contribution in [2.75, 3.05) is 13.2 Å². The number of hydrogen-bond donors (Lipinski definition) is 8. The van der Waals surface area contributed by atoms with E-state index in [1.54, 1.807) is 0 Å². The van der Waals surface area contributed by atoms with Crippen LogP contribution in [0.25, 0.3) is 0 Å². The third-order valence-corrected chi connectivity index (χ3v) is 3.04. The van der Waals surface area contributed by atoms with Gasteiger partial charge in [0.05, 0.1) is 25.7 Å². The highest BCUT2D eigenvalue weighted by atomic mass is 16.4. The molecule has 0 spiro atoms. The van der Waals surface area contributed by atoms with Crippen LogP contribution >= 0.6 is 0 Å². The lowest BCUT2D eigenvalue weighted by atomic mass is 10.1. The molecule has 4 atom stereocenters. The van der Waals surface area contributed by atoms with Crippen LogP contribution in [0.15, 0.2) is 0 Å². The summed E-state index contributed by atoms with van der Waals surface area (Å²) in [5.74, 6) is -6.02. The zero-order valence-corrected chi connectivity index (χ0v) is 13.8. The molecule has 0 radical (unpaired) electrons. The Balaban J connectivity index is 5.09. The summed E-state index contributed by atoms with van der Waals surface area (Å²) in [5, 5.41) is 41.6. The van der Waals surface area contributed by atoms with Crippen LogP contribution in [0.4, 0.5) is 0 Å². The van der Waals surface area contributed by atoms with Gasteiger partial charge in [-0.3, -0.25) is 19.2 Å². The number of rotatable bonds is 11. The molecule has 0 fully saturated rings. The topological polar surface area (TPSA) is 228 Å². The van der Waals surface area contributed by atoms with E-state index in [1.165, 1.54) is 6.92 Å². The molecule has 0 heterocycles. The van der Waals surface area contributed by atoms with Crippen molar-refractivity contribution in [2.24, 2.45) is 5.73 Å². The summed E-state index contributed by atoms with van der Waals surface area (Å²) >= 11 is 0. The lowest BCUT2D eigenvalue weighted by Crippen LogP contribution is -2.58. The average molecular weight is 378 g/mol.